The number of amides is 1. The number of nitrogens with zero attached hydrogens (tertiary/aromatic N) is 2. The number of anilines is 1. The number of hydrogen-bond donors (Lipinski definition) is 1. The largest absolute Gasteiger partial charge is 0.383 e. The van der Waals surface area contributed by atoms with Gasteiger partial charge in [-0.3, -0.25) is 4.79 Å². The molecule has 0 spiro atoms. The maximum Gasteiger partial charge on any atom is 0.257 e. The van der Waals surface area contributed by atoms with E-state index in [0.29, 0.717) is 18.5 Å². The Morgan fingerprint density at radius 3 is 2.74 bits per heavy atom. The molecule has 4 nitrogen and oxygen atoms in total. The van der Waals surface area contributed by atoms with Gasteiger partial charge < -0.3 is 10.6 Å². The fourth-order valence-corrected chi connectivity index (χ4v) is 2.39. The van der Waals surface area contributed by atoms with E-state index in [1.54, 1.807) is 4.90 Å². The van der Waals surface area contributed by atoms with E-state index in [9.17, 15) is 9.18 Å². The molecule has 1 amide bonds. The lowest BCUT2D eigenvalue weighted by molar-refractivity contribution is 0.0600. The third-order valence-corrected chi connectivity index (χ3v) is 4.23. The second-order valence-electron chi connectivity index (χ2n) is 5.54. The Kier molecular flexibility index (Phi) is 3.73. The van der Waals surface area contributed by atoms with Gasteiger partial charge in [0, 0.05) is 13.1 Å². The van der Waals surface area contributed by atoms with Crippen LogP contribution < -0.4 is 5.73 Å². The molecule has 1 aromatic heterocycles. The number of carbonyl (C=O) groups is 1. The fourth-order valence-electron chi connectivity index (χ4n) is 2.39. The van der Waals surface area contributed by atoms with E-state index >= 15 is 0 Å². The first-order valence-corrected chi connectivity index (χ1v) is 6.65. The molecule has 2 N–H and O–H groups in total. The van der Waals surface area contributed by atoms with E-state index in [4.69, 9.17) is 5.73 Å². The Labute approximate surface area is 112 Å². The van der Waals surface area contributed by atoms with Crippen LogP contribution in [0.2, 0.25) is 0 Å². The minimum Gasteiger partial charge on any atom is -0.383 e. The third kappa shape index (κ3) is 2.85. The zero-order valence-corrected chi connectivity index (χ0v) is 11.4. The summed E-state index contributed by atoms with van der Waals surface area (Å²) in [4.78, 5) is 17.7. The van der Waals surface area contributed by atoms with E-state index in [1.165, 1.54) is 0 Å². The lowest BCUT2D eigenvalue weighted by atomic mass is 9.78. The average Bonchev–Trinajstić information content (AvgIpc) is 2.42. The first kappa shape index (κ1) is 13.8. The molecule has 0 unspecified atom stereocenters. The Morgan fingerprint density at radius 1 is 1.53 bits per heavy atom. The molecule has 0 radical (unpaired) electrons. The summed E-state index contributed by atoms with van der Waals surface area (Å²) in [5.74, 6) is -0.661. The van der Waals surface area contributed by atoms with Gasteiger partial charge in [0.2, 0.25) is 0 Å². The Bertz CT molecular complexity index is 482. The standard InChI is InChI=1S/C14H20FN3O/c1-3-14(2)4-6-18(7-5-14)13(19)11-8-10(15)9-17-12(11)16/h8-9H,3-7H2,1-2H3,(H2,16,17). The topological polar surface area (TPSA) is 59.2 Å². The number of nitrogens with two attached hydrogens (primary N) is 1. The molecule has 0 atom stereocenters. The summed E-state index contributed by atoms with van der Waals surface area (Å²) in [6.45, 7) is 5.80. The number of rotatable bonds is 2. The molecule has 0 bridgehead atoms. The molecular formula is C14H20FN3O. The summed E-state index contributed by atoms with van der Waals surface area (Å²) in [7, 11) is 0. The van der Waals surface area contributed by atoms with Crippen LogP contribution >= 0.6 is 0 Å². The van der Waals surface area contributed by atoms with Gasteiger partial charge in [-0.1, -0.05) is 20.3 Å². The minimum absolute atomic E-state index is 0.0928. The van der Waals surface area contributed by atoms with E-state index < -0.39 is 5.82 Å². The molecule has 5 heteroatoms. The third-order valence-electron chi connectivity index (χ3n) is 4.23. The molecule has 19 heavy (non-hydrogen) atoms. The van der Waals surface area contributed by atoms with Crippen molar-refractivity contribution in [2.45, 2.75) is 33.1 Å². The lowest BCUT2D eigenvalue weighted by Crippen LogP contribution is -2.42. The first-order valence-electron chi connectivity index (χ1n) is 6.65. The van der Waals surface area contributed by atoms with Crippen LogP contribution in [0.1, 0.15) is 43.5 Å². The van der Waals surface area contributed by atoms with E-state index in [-0.39, 0.29) is 17.3 Å². The van der Waals surface area contributed by atoms with E-state index in [2.05, 4.69) is 18.8 Å². The molecule has 1 fully saturated rings. The quantitative estimate of drug-likeness (QED) is 0.893. The van der Waals surface area contributed by atoms with Crippen LogP contribution in [0.25, 0.3) is 0 Å². The van der Waals surface area contributed by atoms with Crippen molar-refractivity contribution in [1.82, 2.24) is 9.88 Å². The number of hydrogen-bond acceptors (Lipinski definition) is 3. The predicted molar refractivity (Wildman–Crippen MR) is 72.1 cm³/mol. The summed E-state index contributed by atoms with van der Waals surface area (Å²) in [5.41, 5.74) is 6.13. The van der Waals surface area contributed by atoms with Crippen LogP contribution in [0.3, 0.4) is 0 Å². The first-order chi connectivity index (χ1) is 8.95. The highest BCUT2D eigenvalue weighted by Gasteiger charge is 2.31. The number of nitrogen functional groups attached to an aromatic ring is 1. The normalized spacial score (nSPS) is 18.4. The Hall–Kier alpha value is -1.65. The Balaban J connectivity index is 2.11. The van der Waals surface area contributed by atoms with Gasteiger partial charge in [-0.2, -0.15) is 0 Å². The van der Waals surface area contributed by atoms with Crippen molar-refractivity contribution in [2.75, 3.05) is 18.8 Å². The summed E-state index contributed by atoms with van der Waals surface area (Å²) >= 11 is 0. The highest BCUT2D eigenvalue weighted by atomic mass is 19.1. The van der Waals surface area contributed by atoms with E-state index in [1.807, 2.05) is 0 Å². The van der Waals surface area contributed by atoms with Crippen LogP contribution in [0.5, 0.6) is 0 Å². The lowest BCUT2D eigenvalue weighted by Gasteiger charge is -2.39. The van der Waals surface area contributed by atoms with Gasteiger partial charge in [0.05, 0.1) is 11.8 Å². The number of piperidine rings is 1. The van der Waals surface area contributed by atoms with Crippen LogP contribution in [-0.4, -0.2) is 28.9 Å². The number of pyridine rings is 1. The molecule has 1 aliphatic heterocycles. The highest BCUT2D eigenvalue weighted by molar-refractivity contribution is 5.98. The SMILES string of the molecule is CCC1(C)CCN(C(=O)c2cc(F)cnc2N)CC1. The second kappa shape index (κ2) is 5.15. The van der Waals surface area contributed by atoms with Gasteiger partial charge >= 0.3 is 0 Å². The molecule has 2 heterocycles. The summed E-state index contributed by atoms with van der Waals surface area (Å²) in [5, 5.41) is 0. The average molecular weight is 265 g/mol. The van der Waals surface area contributed by atoms with Gasteiger partial charge in [-0.05, 0) is 24.3 Å². The van der Waals surface area contributed by atoms with Crippen molar-refractivity contribution in [3.63, 3.8) is 0 Å². The Morgan fingerprint density at radius 2 is 2.16 bits per heavy atom. The number of halogens is 1. The maximum atomic E-state index is 13.2. The molecule has 0 aliphatic carbocycles. The van der Waals surface area contributed by atoms with Crippen molar-refractivity contribution in [3.8, 4) is 0 Å². The maximum absolute atomic E-state index is 13.2. The van der Waals surface area contributed by atoms with Gasteiger partial charge in [-0.25, -0.2) is 9.37 Å². The zero-order chi connectivity index (χ0) is 14.0. The molecule has 1 aliphatic rings. The van der Waals surface area contributed by atoms with Crippen molar-refractivity contribution in [2.24, 2.45) is 5.41 Å². The predicted octanol–water partition coefficient (Wildman–Crippen LogP) is 2.46. The minimum atomic E-state index is -0.534. The molecule has 0 aromatic carbocycles. The zero-order valence-electron chi connectivity index (χ0n) is 11.4. The van der Waals surface area contributed by atoms with Crippen molar-refractivity contribution in [3.05, 3.63) is 23.6 Å². The monoisotopic (exact) mass is 265 g/mol. The van der Waals surface area contributed by atoms with Crippen LogP contribution in [0, 0.1) is 11.2 Å². The summed E-state index contributed by atoms with van der Waals surface area (Å²) in [6, 6.07) is 1.16. The van der Waals surface area contributed by atoms with Gasteiger partial charge in [0.1, 0.15) is 11.6 Å². The smallest absolute Gasteiger partial charge is 0.257 e. The molecular weight excluding hydrogens is 245 g/mol. The fraction of sp³-hybridized carbons (Fsp3) is 0.571. The molecule has 104 valence electrons. The summed E-state index contributed by atoms with van der Waals surface area (Å²) < 4.78 is 13.2. The van der Waals surface area contributed by atoms with Crippen molar-refractivity contribution in [1.29, 1.82) is 0 Å². The van der Waals surface area contributed by atoms with Gasteiger partial charge in [0.25, 0.3) is 5.91 Å². The molecule has 1 saturated heterocycles. The number of carbonyl (C=O) groups excluding carboxylic acids is 1. The second-order valence-corrected chi connectivity index (χ2v) is 5.54. The number of aromatic nitrogens is 1. The van der Waals surface area contributed by atoms with Crippen molar-refractivity contribution < 1.29 is 9.18 Å². The molecule has 1 aromatic rings. The number of likely N-dealkylation sites (tertiary alicyclic amines) is 1. The van der Waals surface area contributed by atoms with Crippen LogP contribution in [0.15, 0.2) is 12.3 Å². The molecule has 0 saturated carbocycles. The van der Waals surface area contributed by atoms with Gasteiger partial charge in [-0.15, -0.1) is 0 Å². The van der Waals surface area contributed by atoms with Crippen LogP contribution in [0.4, 0.5) is 10.2 Å². The van der Waals surface area contributed by atoms with Gasteiger partial charge in [0.15, 0.2) is 0 Å². The molecule has 2 rings (SSSR count). The van der Waals surface area contributed by atoms with Crippen molar-refractivity contribution >= 4 is 11.7 Å². The highest BCUT2D eigenvalue weighted by Crippen LogP contribution is 2.34. The van der Waals surface area contributed by atoms with E-state index in [0.717, 1.165) is 31.5 Å². The van der Waals surface area contributed by atoms with Crippen LogP contribution in [-0.2, 0) is 0 Å². The summed E-state index contributed by atoms with van der Waals surface area (Å²) in [6.07, 6.45) is 4.07.